The molecule has 0 fully saturated rings. The minimum Gasteiger partial charge on any atom is -0.333 e. The Balaban J connectivity index is 2.04. The second-order valence-corrected chi connectivity index (χ2v) is 5.81. The molecule has 0 atom stereocenters. The summed E-state index contributed by atoms with van der Waals surface area (Å²) in [6.45, 7) is 1.42. The van der Waals surface area contributed by atoms with Crippen LogP contribution in [-0.2, 0) is 22.2 Å². The highest BCUT2D eigenvalue weighted by atomic mass is 19.4. The fraction of sp³-hybridized carbons (Fsp3) is 0.263. The predicted molar refractivity (Wildman–Crippen MR) is 92.4 cm³/mol. The number of hydrogen-bond donors (Lipinski definition) is 1. The quantitative estimate of drug-likeness (QED) is 0.771. The Morgan fingerprint density at radius 2 is 1.78 bits per heavy atom. The van der Waals surface area contributed by atoms with Crippen molar-refractivity contribution < 1.29 is 27.2 Å². The molecular weight excluding hydrogens is 364 g/mol. The number of alkyl halides is 3. The summed E-state index contributed by atoms with van der Waals surface area (Å²) < 4.78 is 52.2. The van der Waals surface area contributed by atoms with Gasteiger partial charge in [-0.15, -0.1) is 0 Å². The first-order chi connectivity index (χ1) is 12.7. The fourth-order valence-electron chi connectivity index (χ4n) is 2.51. The molecule has 2 amide bonds. The maximum atomic E-state index is 13.2. The predicted octanol–water partition coefficient (Wildman–Crippen LogP) is 3.87. The molecule has 0 bridgehead atoms. The largest absolute Gasteiger partial charge is 0.418 e. The molecule has 0 unspecified atom stereocenters. The lowest BCUT2D eigenvalue weighted by atomic mass is 10.1. The molecule has 0 aliphatic carbocycles. The number of carbonyl (C=O) groups is 2. The number of rotatable bonds is 6. The van der Waals surface area contributed by atoms with E-state index in [1.807, 2.05) is 0 Å². The van der Waals surface area contributed by atoms with Crippen LogP contribution in [0.5, 0.6) is 0 Å². The number of halogens is 4. The molecule has 0 saturated carbocycles. The zero-order valence-corrected chi connectivity index (χ0v) is 14.5. The van der Waals surface area contributed by atoms with Gasteiger partial charge in [-0.05, 0) is 36.8 Å². The van der Waals surface area contributed by atoms with Crippen molar-refractivity contribution in [2.75, 3.05) is 18.4 Å². The first-order valence-electron chi connectivity index (χ1n) is 8.19. The lowest BCUT2D eigenvalue weighted by Crippen LogP contribution is -2.38. The molecule has 27 heavy (non-hydrogen) atoms. The molecule has 0 radical (unpaired) electrons. The Bertz CT molecular complexity index is 821. The molecule has 4 nitrogen and oxygen atoms in total. The average Bonchev–Trinajstić information content (AvgIpc) is 2.59. The van der Waals surface area contributed by atoms with E-state index in [2.05, 4.69) is 5.32 Å². The maximum absolute atomic E-state index is 13.2. The molecule has 2 aromatic rings. The SMILES string of the molecule is CCN(CC(=O)Nc1ccccc1C(F)(F)F)C(=O)Cc1cccc(F)c1. The van der Waals surface area contributed by atoms with Crippen LogP contribution in [0.25, 0.3) is 0 Å². The number of para-hydroxylation sites is 1. The molecule has 0 aliphatic heterocycles. The molecule has 2 aromatic carbocycles. The number of benzene rings is 2. The van der Waals surface area contributed by atoms with Gasteiger partial charge in [0.2, 0.25) is 11.8 Å². The van der Waals surface area contributed by atoms with E-state index >= 15 is 0 Å². The summed E-state index contributed by atoms with van der Waals surface area (Å²) in [4.78, 5) is 25.6. The van der Waals surface area contributed by atoms with Crippen LogP contribution in [0.2, 0.25) is 0 Å². The van der Waals surface area contributed by atoms with E-state index in [-0.39, 0.29) is 18.7 Å². The third kappa shape index (κ3) is 5.80. The molecule has 0 aliphatic rings. The number of likely N-dealkylation sites (N-methyl/N-ethyl adjacent to an activating group) is 1. The monoisotopic (exact) mass is 382 g/mol. The molecule has 144 valence electrons. The Labute approximate surface area is 153 Å². The van der Waals surface area contributed by atoms with Gasteiger partial charge in [-0.1, -0.05) is 24.3 Å². The van der Waals surface area contributed by atoms with Gasteiger partial charge in [0, 0.05) is 6.54 Å². The van der Waals surface area contributed by atoms with E-state index < -0.39 is 35.9 Å². The van der Waals surface area contributed by atoms with Crippen LogP contribution in [0.1, 0.15) is 18.1 Å². The van der Waals surface area contributed by atoms with Gasteiger partial charge in [0.05, 0.1) is 24.2 Å². The summed E-state index contributed by atoms with van der Waals surface area (Å²) in [6.07, 6.45) is -4.72. The van der Waals surface area contributed by atoms with Crippen molar-refractivity contribution in [3.63, 3.8) is 0 Å². The van der Waals surface area contributed by atoms with Gasteiger partial charge in [-0.3, -0.25) is 9.59 Å². The molecule has 8 heteroatoms. The van der Waals surface area contributed by atoms with E-state index in [9.17, 15) is 27.2 Å². The van der Waals surface area contributed by atoms with Crippen molar-refractivity contribution in [1.82, 2.24) is 4.90 Å². The zero-order valence-electron chi connectivity index (χ0n) is 14.5. The first kappa shape index (κ1) is 20.4. The molecule has 0 saturated heterocycles. The van der Waals surface area contributed by atoms with E-state index in [0.717, 1.165) is 12.1 Å². The molecule has 2 rings (SSSR count). The van der Waals surface area contributed by atoms with Gasteiger partial charge >= 0.3 is 6.18 Å². The van der Waals surface area contributed by atoms with Gasteiger partial charge in [-0.2, -0.15) is 13.2 Å². The number of amides is 2. The van der Waals surface area contributed by atoms with Crippen LogP contribution in [-0.4, -0.2) is 29.8 Å². The standard InChI is InChI=1S/C19H18F4N2O2/c1-2-25(18(27)11-13-6-5-7-14(20)10-13)12-17(26)24-16-9-4-3-8-15(16)19(21,22)23/h3-10H,2,11-12H2,1H3,(H,24,26). The molecular formula is C19H18F4N2O2. The van der Waals surface area contributed by atoms with E-state index in [1.54, 1.807) is 13.0 Å². The second-order valence-electron chi connectivity index (χ2n) is 5.81. The summed E-state index contributed by atoms with van der Waals surface area (Å²) >= 11 is 0. The van der Waals surface area contributed by atoms with Crippen molar-refractivity contribution in [3.8, 4) is 0 Å². The summed E-state index contributed by atoms with van der Waals surface area (Å²) in [5.41, 5.74) is -0.891. The van der Waals surface area contributed by atoms with E-state index in [4.69, 9.17) is 0 Å². The lowest BCUT2D eigenvalue weighted by Gasteiger charge is -2.21. The summed E-state index contributed by atoms with van der Waals surface area (Å²) in [5.74, 6) is -1.66. The van der Waals surface area contributed by atoms with Crippen molar-refractivity contribution in [2.24, 2.45) is 0 Å². The molecule has 0 aromatic heterocycles. The summed E-state index contributed by atoms with van der Waals surface area (Å²) in [7, 11) is 0. The van der Waals surface area contributed by atoms with Crippen LogP contribution in [0.4, 0.5) is 23.2 Å². The van der Waals surface area contributed by atoms with Crippen molar-refractivity contribution in [1.29, 1.82) is 0 Å². The lowest BCUT2D eigenvalue weighted by molar-refractivity contribution is -0.137. The average molecular weight is 382 g/mol. The second kappa shape index (κ2) is 8.66. The Morgan fingerprint density at radius 3 is 2.41 bits per heavy atom. The van der Waals surface area contributed by atoms with Gasteiger partial charge in [0.15, 0.2) is 0 Å². The third-order valence-corrected chi connectivity index (χ3v) is 3.82. The molecule has 0 heterocycles. The van der Waals surface area contributed by atoms with E-state index in [0.29, 0.717) is 5.56 Å². The topological polar surface area (TPSA) is 49.4 Å². The van der Waals surface area contributed by atoms with Crippen LogP contribution < -0.4 is 5.32 Å². The van der Waals surface area contributed by atoms with Crippen LogP contribution in [0.3, 0.4) is 0 Å². The van der Waals surface area contributed by atoms with E-state index in [1.165, 1.54) is 35.2 Å². The Hall–Kier alpha value is -2.90. The number of carbonyl (C=O) groups excluding carboxylic acids is 2. The van der Waals surface area contributed by atoms with Crippen LogP contribution >= 0.6 is 0 Å². The highest BCUT2D eigenvalue weighted by Gasteiger charge is 2.33. The van der Waals surface area contributed by atoms with Gasteiger partial charge < -0.3 is 10.2 Å². The Morgan fingerprint density at radius 1 is 1.07 bits per heavy atom. The maximum Gasteiger partial charge on any atom is 0.418 e. The highest BCUT2D eigenvalue weighted by Crippen LogP contribution is 2.34. The van der Waals surface area contributed by atoms with Crippen LogP contribution in [0.15, 0.2) is 48.5 Å². The summed E-state index contributed by atoms with van der Waals surface area (Å²) in [6, 6.07) is 10.1. The van der Waals surface area contributed by atoms with Crippen molar-refractivity contribution >= 4 is 17.5 Å². The zero-order chi connectivity index (χ0) is 20.0. The first-order valence-corrected chi connectivity index (χ1v) is 8.19. The minimum atomic E-state index is -4.61. The summed E-state index contributed by atoms with van der Waals surface area (Å²) in [5, 5.41) is 2.20. The number of hydrogen-bond acceptors (Lipinski definition) is 2. The smallest absolute Gasteiger partial charge is 0.333 e. The number of nitrogens with one attached hydrogen (secondary N) is 1. The normalized spacial score (nSPS) is 11.1. The van der Waals surface area contributed by atoms with Crippen molar-refractivity contribution in [2.45, 2.75) is 19.5 Å². The molecule has 1 N–H and O–H groups in total. The van der Waals surface area contributed by atoms with Gasteiger partial charge in [0.25, 0.3) is 0 Å². The highest BCUT2D eigenvalue weighted by molar-refractivity contribution is 5.95. The van der Waals surface area contributed by atoms with Gasteiger partial charge in [0.1, 0.15) is 5.82 Å². The van der Waals surface area contributed by atoms with Crippen molar-refractivity contribution in [3.05, 3.63) is 65.5 Å². The number of nitrogens with zero attached hydrogens (tertiary/aromatic N) is 1. The van der Waals surface area contributed by atoms with Crippen LogP contribution in [0, 0.1) is 5.82 Å². The Kier molecular flexibility index (Phi) is 6.55. The van der Waals surface area contributed by atoms with Gasteiger partial charge in [-0.25, -0.2) is 4.39 Å². The fourth-order valence-corrected chi connectivity index (χ4v) is 2.51. The number of anilines is 1. The minimum absolute atomic E-state index is 0.113. The third-order valence-electron chi connectivity index (χ3n) is 3.82. The molecule has 0 spiro atoms.